The molecule has 2 aliphatic rings. The third kappa shape index (κ3) is 6.28. The molecule has 1 aliphatic heterocycles. The maximum absolute atomic E-state index is 13.9. The quantitative estimate of drug-likeness (QED) is 0.318. The summed E-state index contributed by atoms with van der Waals surface area (Å²) < 4.78 is 30.9. The molecule has 35 heavy (non-hydrogen) atoms. The Labute approximate surface area is 214 Å². The Balaban J connectivity index is 0.00000342. The van der Waals surface area contributed by atoms with Gasteiger partial charge in [0.05, 0.1) is 0 Å². The number of carbonyl (C=O) groups excluding carboxylic acids is 1. The first-order valence-corrected chi connectivity index (χ1v) is 12.5. The molecule has 1 heterocycles. The van der Waals surface area contributed by atoms with E-state index in [4.69, 9.17) is 14.2 Å². The van der Waals surface area contributed by atoms with E-state index >= 15 is 0 Å². The number of nitrogens with one attached hydrogen (secondary N) is 1. The van der Waals surface area contributed by atoms with Gasteiger partial charge >= 0.3 is 5.97 Å². The number of hydrogen-bond donors (Lipinski definition) is 1. The zero-order valence-electron chi connectivity index (χ0n) is 20.9. The van der Waals surface area contributed by atoms with Crippen molar-refractivity contribution in [1.29, 1.82) is 0 Å². The van der Waals surface area contributed by atoms with Crippen LogP contribution in [0.1, 0.15) is 69.1 Å². The van der Waals surface area contributed by atoms with Crippen molar-refractivity contribution in [2.75, 3.05) is 19.9 Å². The molecule has 0 aromatic heterocycles. The van der Waals surface area contributed by atoms with Gasteiger partial charge in [-0.2, -0.15) is 0 Å². The predicted molar refractivity (Wildman–Crippen MR) is 137 cm³/mol. The predicted octanol–water partition coefficient (Wildman–Crippen LogP) is 5.97. The summed E-state index contributed by atoms with van der Waals surface area (Å²) in [6.45, 7) is 8.09. The number of benzene rings is 2. The monoisotopic (exact) mass is 505 g/mol. The topological polar surface area (TPSA) is 56.8 Å². The van der Waals surface area contributed by atoms with Crippen molar-refractivity contribution in [3.05, 3.63) is 58.9 Å². The molecule has 5 nitrogen and oxygen atoms in total. The lowest BCUT2D eigenvalue weighted by atomic mass is 9.65. The largest absolute Gasteiger partial charge is 0.458 e. The highest BCUT2D eigenvalue weighted by Gasteiger charge is 2.47. The van der Waals surface area contributed by atoms with E-state index in [1.165, 1.54) is 11.6 Å². The van der Waals surface area contributed by atoms with Crippen LogP contribution in [0.4, 0.5) is 4.39 Å². The first-order chi connectivity index (χ1) is 16.4. The van der Waals surface area contributed by atoms with Crippen molar-refractivity contribution in [2.24, 2.45) is 5.92 Å². The van der Waals surface area contributed by atoms with Gasteiger partial charge in [0.25, 0.3) is 0 Å². The fourth-order valence-corrected chi connectivity index (χ4v) is 5.53. The molecule has 4 rings (SSSR count). The zero-order chi connectivity index (χ0) is 24.1. The second kappa shape index (κ2) is 12.1. The first-order valence-electron chi connectivity index (χ1n) is 12.5. The number of fused-ring (bicyclic) bond motifs is 2. The molecular weight excluding hydrogens is 469 g/mol. The molecule has 0 radical (unpaired) electrons. The van der Waals surface area contributed by atoms with Gasteiger partial charge in [-0.05, 0) is 85.6 Å². The number of aryl methyl sites for hydroxylation is 2. The summed E-state index contributed by atoms with van der Waals surface area (Å²) in [5.41, 5.74) is 2.82. The summed E-state index contributed by atoms with van der Waals surface area (Å²) in [5.74, 6) is 1.57. The fourth-order valence-electron chi connectivity index (χ4n) is 5.53. The molecule has 2 atom stereocenters. The van der Waals surface area contributed by atoms with Crippen molar-refractivity contribution >= 4 is 18.4 Å². The van der Waals surface area contributed by atoms with E-state index < -0.39 is 5.60 Å². The molecule has 0 amide bonds. The number of halogens is 2. The van der Waals surface area contributed by atoms with E-state index in [1.807, 2.05) is 19.1 Å². The minimum Gasteiger partial charge on any atom is -0.458 e. The summed E-state index contributed by atoms with van der Waals surface area (Å²) in [6.07, 6.45) is 4.48. The summed E-state index contributed by atoms with van der Waals surface area (Å²) in [5, 5.41) is 3.56. The lowest BCUT2D eigenvalue weighted by molar-refractivity contribution is -0.166. The number of rotatable bonds is 10. The molecule has 0 saturated heterocycles. The Morgan fingerprint density at radius 2 is 1.97 bits per heavy atom. The average molecular weight is 506 g/mol. The van der Waals surface area contributed by atoms with Crippen molar-refractivity contribution in [3.63, 3.8) is 0 Å². The van der Waals surface area contributed by atoms with Crippen LogP contribution in [0.15, 0.2) is 36.4 Å². The van der Waals surface area contributed by atoms with Gasteiger partial charge in [-0.15, -0.1) is 12.4 Å². The van der Waals surface area contributed by atoms with Crippen LogP contribution in [0.25, 0.3) is 0 Å². The standard InChI is InChI=1S/C28H36FNO4.ClH/c1-4-26(31)34-28(12-11-21-17-22(29)8-9-23(21)27(28)19(2)3)13-15-30-14-5-6-20-7-10-24-25(16-20)33-18-32-24;/h7-10,16-17,19,27,30H,4-6,11-15,18H2,1-3H3;1H/t27-,28-;/m1./s1. The third-order valence-corrected chi connectivity index (χ3v) is 7.08. The Kier molecular flexibility index (Phi) is 9.42. The molecule has 0 saturated carbocycles. The van der Waals surface area contributed by atoms with Gasteiger partial charge in [-0.1, -0.05) is 32.9 Å². The van der Waals surface area contributed by atoms with Crippen LogP contribution in [0.3, 0.4) is 0 Å². The molecular formula is C28H37ClFNO4. The van der Waals surface area contributed by atoms with Crippen LogP contribution < -0.4 is 14.8 Å². The van der Waals surface area contributed by atoms with Crippen LogP contribution in [0.5, 0.6) is 11.5 Å². The Morgan fingerprint density at radius 1 is 1.17 bits per heavy atom. The van der Waals surface area contributed by atoms with Gasteiger partial charge in [-0.25, -0.2) is 4.39 Å². The molecule has 0 bridgehead atoms. The van der Waals surface area contributed by atoms with Crippen LogP contribution >= 0.6 is 12.4 Å². The van der Waals surface area contributed by atoms with Gasteiger partial charge in [-0.3, -0.25) is 4.79 Å². The van der Waals surface area contributed by atoms with Gasteiger partial charge in [0.2, 0.25) is 6.79 Å². The highest BCUT2D eigenvalue weighted by atomic mass is 35.5. The molecule has 7 heteroatoms. The summed E-state index contributed by atoms with van der Waals surface area (Å²) >= 11 is 0. The van der Waals surface area contributed by atoms with Crippen molar-refractivity contribution < 1.29 is 23.4 Å². The molecule has 1 N–H and O–H groups in total. The van der Waals surface area contributed by atoms with Crippen LogP contribution in [-0.2, 0) is 22.4 Å². The Hall–Kier alpha value is -2.31. The van der Waals surface area contributed by atoms with Gasteiger partial charge in [0, 0.05) is 18.8 Å². The molecule has 2 aromatic carbocycles. The van der Waals surface area contributed by atoms with Crippen molar-refractivity contribution in [2.45, 2.75) is 70.8 Å². The fraction of sp³-hybridized carbons (Fsp3) is 0.536. The Bertz CT molecular complexity index is 1010. The molecule has 192 valence electrons. The third-order valence-electron chi connectivity index (χ3n) is 7.08. The van der Waals surface area contributed by atoms with Crippen LogP contribution in [-0.4, -0.2) is 31.5 Å². The SMILES string of the molecule is CCC(=O)O[C@@]1(CCNCCCc2ccc3c(c2)OCO3)CCc2cc(F)ccc2[C@H]1C(C)C.Cl. The summed E-state index contributed by atoms with van der Waals surface area (Å²) in [6, 6.07) is 11.2. The van der Waals surface area contributed by atoms with E-state index in [9.17, 15) is 9.18 Å². The maximum atomic E-state index is 13.9. The van der Waals surface area contributed by atoms with Crippen LogP contribution in [0, 0.1) is 11.7 Å². The molecule has 1 aliphatic carbocycles. The van der Waals surface area contributed by atoms with E-state index in [-0.39, 0.29) is 36.0 Å². The number of ether oxygens (including phenoxy) is 3. The van der Waals surface area contributed by atoms with Gasteiger partial charge < -0.3 is 19.5 Å². The second-order valence-corrected chi connectivity index (χ2v) is 9.75. The smallest absolute Gasteiger partial charge is 0.306 e. The zero-order valence-corrected chi connectivity index (χ0v) is 21.7. The summed E-state index contributed by atoms with van der Waals surface area (Å²) in [4.78, 5) is 12.5. The van der Waals surface area contributed by atoms with Gasteiger partial charge in [0.1, 0.15) is 11.4 Å². The van der Waals surface area contributed by atoms with Gasteiger partial charge in [0.15, 0.2) is 11.5 Å². The lowest BCUT2D eigenvalue weighted by Gasteiger charge is -2.46. The molecule has 2 aromatic rings. The van der Waals surface area contributed by atoms with E-state index in [1.54, 1.807) is 6.07 Å². The highest BCUT2D eigenvalue weighted by molar-refractivity contribution is 5.85. The van der Waals surface area contributed by atoms with Crippen molar-refractivity contribution in [1.82, 2.24) is 5.32 Å². The van der Waals surface area contributed by atoms with E-state index in [2.05, 4.69) is 31.3 Å². The van der Waals surface area contributed by atoms with E-state index in [0.29, 0.717) is 13.2 Å². The number of hydrogen-bond acceptors (Lipinski definition) is 5. The van der Waals surface area contributed by atoms with E-state index in [0.717, 1.165) is 67.8 Å². The minimum absolute atomic E-state index is 0. The highest BCUT2D eigenvalue weighted by Crippen LogP contribution is 2.48. The maximum Gasteiger partial charge on any atom is 0.306 e. The summed E-state index contributed by atoms with van der Waals surface area (Å²) in [7, 11) is 0. The van der Waals surface area contributed by atoms with Crippen LogP contribution in [0.2, 0.25) is 0 Å². The number of esters is 1. The Morgan fingerprint density at radius 3 is 2.74 bits per heavy atom. The van der Waals surface area contributed by atoms with Crippen molar-refractivity contribution in [3.8, 4) is 11.5 Å². The minimum atomic E-state index is -0.573. The lowest BCUT2D eigenvalue weighted by Crippen LogP contribution is -2.48. The molecule has 0 spiro atoms. The molecule has 0 unspecified atom stereocenters. The second-order valence-electron chi connectivity index (χ2n) is 9.75. The number of carbonyl (C=O) groups is 1. The molecule has 0 fully saturated rings. The first kappa shape index (κ1) is 27.3. The normalized spacial score (nSPS) is 20.3. The average Bonchev–Trinajstić information content (AvgIpc) is 3.29.